The molecule has 148 valence electrons. The van der Waals surface area contributed by atoms with E-state index in [4.69, 9.17) is 0 Å². The lowest BCUT2D eigenvalue weighted by molar-refractivity contribution is 0.102. The molecule has 8 heteroatoms. The van der Waals surface area contributed by atoms with Crippen molar-refractivity contribution in [2.75, 3.05) is 16.9 Å². The summed E-state index contributed by atoms with van der Waals surface area (Å²) in [6.07, 6.45) is 1.37. The quantitative estimate of drug-likeness (QED) is 0.549. The minimum Gasteiger partial charge on any atom is -0.364 e. The molecule has 3 aromatic rings. The third-order valence-electron chi connectivity index (χ3n) is 4.58. The topological polar surface area (TPSA) is 87.3 Å². The zero-order valence-electron chi connectivity index (χ0n) is 15.5. The first-order chi connectivity index (χ1) is 14.0. The van der Waals surface area contributed by atoms with Crippen LogP contribution in [0.25, 0.3) is 0 Å². The smallest absolute Gasteiger partial charge is 0.255 e. The second-order valence-electron chi connectivity index (χ2n) is 6.50. The largest absolute Gasteiger partial charge is 0.364 e. The average Bonchev–Trinajstić information content (AvgIpc) is 2.73. The van der Waals surface area contributed by atoms with Crippen molar-refractivity contribution in [3.63, 3.8) is 0 Å². The Morgan fingerprint density at radius 3 is 2.52 bits per heavy atom. The van der Waals surface area contributed by atoms with Crippen LogP contribution < -0.4 is 15.4 Å². The molecule has 0 aromatic heterocycles. The molecule has 0 radical (unpaired) electrons. The van der Waals surface area contributed by atoms with Gasteiger partial charge in [0.2, 0.25) is 10.0 Å². The van der Waals surface area contributed by atoms with E-state index in [0.29, 0.717) is 16.8 Å². The zero-order chi connectivity index (χ0) is 20.4. The van der Waals surface area contributed by atoms with Crippen LogP contribution >= 0.6 is 11.8 Å². The van der Waals surface area contributed by atoms with Crippen molar-refractivity contribution in [1.82, 2.24) is 4.72 Å². The van der Waals surface area contributed by atoms with Crippen LogP contribution in [0.1, 0.15) is 22.1 Å². The summed E-state index contributed by atoms with van der Waals surface area (Å²) in [5.41, 5.74) is 2.47. The van der Waals surface area contributed by atoms with E-state index in [1.807, 2.05) is 30.5 Å². The molecule has 1 aliphatic rings. The van der Waals surface area contributed by atoms with E-state index < -0.39 is 16.2 Å². The summed E-state index contributed by atoms with van der Waals surface area (Å²) in [5, 5.41) is 6.06. The third kappa shape index (κ3) is 4.14. The summed E-state index contributed by atoms with van der Waals surface area (Å²) in [6, 6.07) is 21.2. The van der Waals surface area contributed by atoms with E-state index in [0.717, 1.165) is 10.6 Å². The van der Waals surface area contributed by atoms with E-state index in [-0.39, 0.29) is 10.8 Å². The fourth-order valence-electron chi connectivity index (χ4n) is 3.11. The normalized spacial score (nSPS) is 17.1. The Labute approximate surface area is 173 Å². The summed E-state index contributed by atoms with van der Waals surface area (Å²) >= 11 is 1.60. The molecule has 1 atom stereocenters. The highest BCUT2D eigenvalue weighted by molar-refractivity contribution is 7.98. The lowest BCUT2D eigenvalue weighted by Crippen LogP contribution is -2.38. The standard InChI is InChI=1S/C21H19N3O3S2/c1-28-17-6-4-5-16(13-17)22-21(25)15-11-9-14(10-12-15)20-23-18-7-2-3-8-19(18)29(26,27)24-20/h2-13,20,23-24H,1H3,(H,22,25). The molecular weight excluding hydrogens is 406 g/mol. The second-order valence-corrected chi connectivity index (χ2v) is 9.06. The molecule has 3 N–H and O–H groups in total. The fourth-order valence-corrected chi connectivity index (χ4v) is 4.87. The van der Waals surface area contributed by atoms with Gasteiger partial charge in [0, 0.05) is 16.1 Å². The van der Waals surface area contributed by atoms with Crippen LogP contribution in [0.3, 0.4) is 0 Å². The number of hydrogen-bond donors (Lipinski definition) is 3. The number of fused-ring (bicyclic) bond motifs is 1. The van der Waals surface area contributed by atoms with Gasteiger partial charge < -0.3 is 10.6 Å². The predicted octanol–water partition coefficient (Wildman–Crippen LogP) is 4.06. The van der Waals surface area contributed by atoms with Crippen LogP contribution in [0.4, 0.5) is 11.4 Å². The molecule has 0 spiro atoms. The van der Waals surface area contributed by atoms with Crippen LogP contribution in [0, 0.1) is 0 Å². The van der Waals surface area contributed by atoms with Crippen molar-refractivity contribution in [3.05, 3.63) is 83.9 Å². The van der Waals surface area contributed by atoms with Gasteiger partial charge in [0.25, 0.3) is 5.91 Å². The monoisotopic (exact) mass is 425 g/mol. The molecule has 6 nitrogen and oxygen atoms in total. The van der Waals surface area contributed by atoms with Gasteiger partial charge >= 0.3 is 0 Å². The van der Waals surface area contributed by atoms with Gasteiger partial charge in [-0.1, -0.05) is 30.3 Å². The molecule has 1 amide bonds. The van der Waals surface area contributed by atoms with Gasteiger partial charge in [-0.15, -0.1) is 11.8 Å². The Morgan fingerprint density at radius 1 is 1.00 bits per heavy atom. The number of carbonyl (C=O) groups excluding carboxylic acids is 1. The summed E-state index contributed by atoms with van der Waals surface area (Å²) < 4.78 is 27.6. The first-order valence-electron chi connectivity index (χ1n) is 8.89. The maximum Gasteiger partial charge on any atom is 0.255 e. The van der Waals surface area contributed by atoms with Gasteiger partial charge in [-0.05, 0) is 54.3 Å². The number of amides is 1. The Morgan fingerprint density at radius 2 is 1.76 bits per heavy atom. The van der Waals surface area contributed by atoms with Gasteiger partial charge in [0.15, 0.2) is 0 Å². The Balaban J connectivity index is 1.51. The number of anilines is 2. The molecule has 0 aliphatic carbocycles. The summed E-state index contributed by atoms with van der Waals surface area (Å²) in [7, 11) is -3.61. The van der Waals surface area contributed by atoms with Crippen LogP contribution in [-0.4, -0.2) is 20.6 Å². The molecule has 4 rings (SSSR count). The van der Waals surface area contributed by atoms with Gasteiger partial charge in [-0.2, -0.15) is 4.72 Å². The minimum absolute atomic E-state index is 0.222. The molecule has 0 saturated carbocycles. The van der Waals surface area contributed by atoms with Gasteiger partial charge in [0.1, 0.15) is 11.1 Å². The van der Waals surface area contributed by atoms with Crippen molar-refractivity contribution >= 4 is 39.1 Å². The van der Waals surface area contributed by atoms with E-state index in [9.17, 15) is 13.2 Å². The molecule has 29 heavy (non-hydrogen) atoms. The SMILES string of the molecule is CSc1cccc(NC(=O)c2ccc(C3Nc4ccccc4S(=O)(=O)N3)cc2)c1. The lowest BCUT2D eigenvalue weighted by Gasteiger charge is -2.28. The average molecular weight is 426 g/mol. The number of thioether (sulfide) groups is 1. The Hall–Kier alpha value is -2.81. The molecular formula is C21H19N3O3S2. The maximum atomic E-state index is 12.5. The van der Waals surface area contributed by atoms with Crippen molar-refractivity contribution in [3.8, 4) is 0 Å². The van der Waals surface area contributed by atoms with E-state index in [2.05, 4.69) is 15.4 Å². The molecule has 3 aromatic carbocycles. The molecule has 1 heterocycles. The molecule has 1 aliphatic heterocycles. The van der Waals surface area contributed by atoms with E-state index in [1.54, 1.807) is 60.3 Å². The van der Waals surface area contributed by atoms with Gasteiger partial charge in [0.05, 0.1) is 5.69 Å². The van der Waals surface area contributed by atoms with Crippen molar-refractivity contribution in [2.45, 2.75) is 16.0 Å². The molecule has 1 unspecified atom stereocenters. The van der Waals surface area contributed by atoms with Gasteiger partial charge in [-0.25, -0.2) is 8.42 Å². The first-order valence-corrected chi connectivity index (χ1v) is 11.6. The summed E-state index contributed by atoms with van der Waals surface area (Å²) in [5.74, 6) is -0.225. The molecule has 0 saturated heterocycles. The minimum atomic E-state index is -3.61. The van der Waals surface area contributed by atoms with Crippen molar-refractivity contribution in [2.24, 2.45) is 0 Å². The van der Waals surface area contributed by atoms with E-state index >= 15 is 0 Å². The number of rotatable bonds is 4. The van der Waals surface area contributed by atoms with Crippen molar-refractivity contribution in [1.29, 1.82) is 0 Å². The van der Waals surface area contributed by atoms with Crippen molar-refractivity contribution < 1.29 is 13.2 Å². The maximum absolute atomic E-state index is 12.5. The summed E-state index contributed by atoms with van der Waals surface area (Å²) in [4.78, 5) is 13.8. The number of para-hydroxylation sites is 1. The zero-order valence-corrected chi connectivity index (χ0v) is 17.2. The molecule has 0 bridgehead atoms. The molecule has 0 fully saturated rings. The predicted molar refractivity (Wildman–Crippen MR) is 116 cm³/mol. The number of hydrogen-bond acceptors (Lipinski definition) is 5. The van der Waals surface area contributed by atoms with Gasteiger partial charge in [-0.3, -0.25) is 4.79 Å². The van der Waals surface area contributed by atoms with Crippen LogP contribution in [0.2, 0.25) is 0 Å². The third-order valence-corrected chi connectivity index (χ3v) is 6.79. The first kappa shape index (κ1) is 19.5. The number of sulfonamides is 1. The van der Waals surface area contributed by atoms with Crippen LogP contribution in [-0.2, 0) is 10.0 Å². The highest BCUT2D eigenvalue weighted by atomic mass is 32.2. The number of benzene rings is 3. The van der Waals surface area contributed by atoms with Crippen LogP contribution in [0.5, 0.6) is 0 Å². The number of carbonyl (C=O) groups is 1. The van der Waals surface area contributed by atoms with Crippen LogP contribution in [0.15, 0.2) is 82.6 Å². The van der Waals surface area contributed by atoms with E-state index in [1.165, 1.54) is 0 Å². The summed E-state index contributed by atoms with van der Waals surface area (Å²) in [6.45, 7) is 0. The second kappa shape index (κ2) is 7.90. The Kier molecular flexibility index (Phi) is 5.31. The lowest BCUT2D eigenvalue weighted by atomic mass is 10.1. The Bertz CT molecular complexity index is 1160. The fraction of sp³-hybridized carbons (Fsp3) is 0.0952. The number of nitrogens with one attached hydrogen (secondary N) is 3. The highest BCUT2D eigenvalue weighted by Gasteiger charge is 2.29. The highest BCUT2D eigenvalue weighted by Crippen LogP contribution is 2.30.